The predicted octanol–water partition coefficient (Wildman–Crippen LogP) is 4.33. The number of amides is 1. The van der Waals surface area contributed by atoms with E-state index in [0.717, 1.165) is 11.1 Å². The highest BCUT2D eigenvalue weighted by molar-refractivity contribution is 5.99. The van der Waals surface area contributed by atoms with Gasteiger partial charge < -0.3 is 14.2 Å². The Hall–Kier alpha value is -2.92. The maximum Gasteiger partial charge on any atom is 0.290 e. The first-order chi connectivity index (χ1) is 14.3. The normalized spacial score (nSPS) is 16.2. The molecule has 0 fully saturated rings. The molecule has 0 saturated carbocycles. The van der Waals surface area contributed by atoms with Gasteiger partial charge in [0.25, 0.3) is 5.91 Å². The van der Waals surface area contributed by atoms with Gasteiger partial charge >= 0.3 is 0 Å². The van der Waals surface area contributed by atoms with Crippen LogP contribution in [0.5, 0.6) is 0 Å². The van der Waals surface area contributed by atoms with Crippen molar-refractivity contribution in [1.29, 1.82) is 0 Å². The molecule has 3 aromatic rings. The summed E-state index contributed by atoms with van der Waals surface area (Å²) in [6, 6.07) is 13.3. The molecule has 30 heavy (non-hydrogen) atoms. The molecule has 2 aromatic carbocycles. The van der Waals surface area contributed by atoms with Gasteiger partial charge in [-0.25, -0.2) is 0 Å². The second-order valence-corrected chi connectivity index (χ2v) is 8.70. The Balaban J connectivity index is 1.91. The molecule has 156 valence electrons. The molecule has 0 spiro atoms. The van der Waals surface area contributed by atoms with Crippen LogP contribution in [0.3, 0.4) is 0 Å². The zero-order chi connectivity index (χ0) is 21.6. The monoisotopic (exact) mass is 404 g/mol. The van der Waals surface area contributed by atoms with E-state index in [9.17, 15) is 9.59 Å². The Morgan fingerprint density at radius 3 is 2.40 bits per heavy atom. The van der Waals surface area contributed by atoms with Crippen LogP contribution >= 0.6 is 0 Å². The van der Waals surface area contributed by atoms with Crippen LogP contribution in [0.4, 0.5) is 0 Å². The minimum Gasteiger partial charge on any atom is -0.450 e. The zero-order valence-electron chi connectivity index (χ0n) is 18.2. The van der Waals surface area contributed by atoms with Crippen molar-refractivity contribution in [2.45, 2.75) is 32.7 Å². The number of carbonyl (C=O) groups is 1. The van der Waals surface area contributed by atoms with E-state index in [1.54, 1.807) is 11.0 Å². The van der Waals surface area contributed by atoms with Crippen molar-refractivity contribution in [3.8, 4) is 0 Å². The molecule has 0 saturated heterocycles. The van der Waals surface area contributed by atoms with E-state index in [0.29, 0.717) is 35.5 Å². The molecular weight excluding hydrogens is 376 g/mol. The fourth-order valence-electron chi connectivity index (χ4n) is 4.08. The summed E-state index contributed by atoms with van der Waals surface area (Å²) in [4.78, 5) is 30.6. The molecule has 1 aliphatic heterocycles. The maximum atomic E-state index is 13.5. The van der Waals surface area contributed by atoms with E-state index in [1.165, 1.54) is 5.56 Å². The lowest BCUT2D eigenvalue weighted by molar-refractivity contribution is 0.0716. The van der Waals surface area contributed by atoms with E-state index in [4.69, 9.17) is 4.42 Å². The highest BCUT2D eigenvalue weighted by Crippen LogP contribution is 2.38. The van der Waals surface area contributed by atoms with E-state index in [-0.39, 0.29) is 17.1 Å². The molecule has 1 aromatic heterocycles. The maximum absolute atomic E-state index is 13.5. The number of hydrogen-bond donors (Lipinski definition) is 0. The minimum atomic E-state index is -0.435. The van der Waals surface area contributed by atoms with Gasteiger partial charge in [-0.3, -0.25) is 9.59 Å². The Kier molecular flexibility index (Phi) is 5.24. The lowest BCUT2D eigenvalue weighted by atomic mass is 9.95. The highest BCUT2D eigenvalue weighted by Gasteiger charge is 2.42. The summed E-state index contributed by atoms with van der Waals surface area (Å²) in [7, 11) is 3.95. The number of aryl methyl sites for hydroxylation is 1. The average Bonchev–Trinajstić information content (AvgIpc) is 2.99. The fourth-order valence-corrected chi connectivity index (χ4v) is 4.08. The molecular formula is C25H28N2O3. The van der Waals surface area contributed by atoms with Crippen molar-refractivity contribution in [2.75, 3.05) is 27.2 Å². The van der Waals surface area contributed by atoms with E-state index in [2.05, 4.69) is 26.0 Å². The van der Waals surface area contributed by atoms with Crippen LogP contribution in [0.2, 0.25) is 0 Å². The molecule has 1 amide bonds. The van der Waals surface area contributed by atoms with Gasteiger partial charge in [0.1, 0.15) is 5.58 Å². The van der Waals surface area contributed by atoms with Crippen LogP contribution in [-0.2, 0) is 0 Å². The van der Waals surface area contributed by atoms with Crippen LogP contribution in [0, 0.1) is 6.92 Å². The lowest BCUT2D eigenvalue weighted by Crippen LogP contribution is -2.35. The summed E-state index contributed by atoms with van der Waals surface area (Å²) >= 11 is 0. The van der Waals surface area contributed by atoms with E-state index < -0.39 is 6.04 Å². The van der Waals surface area contributed by atoms with Gasteiger partial charge in [0.15, 0.2) is 5.43 Å². The molecule has 0 N–H and O–H groups in total. The molecule has 1 aliphatic rings. The molecule has 5 heteroatoms. The Labute approximate surface area is 176 Å². The molecule has 4 rings (SSSR count). The third-order valence-corrected chi connectivity index (χ3v) is 5.83. The van der Waals surface area contributed by atoms with Gasteiger partial charge in [-0.1, -0.05) is 49.7 Å². The number of rotatable bonds is 5. The van der Waals surface area contributed by atoms with E-state index >= 15 is 0 Å². The molecule has 5 nitrogen and oxygen atoms in total. The van der Waals surface area contributed by atoms with Crippen molar-refractivity contribution in [1.82, 2.24) is 9.80 Å². The van der Waals surface area contributed by atoms with Crippen molar-refractivity contribution in [3.63, 3.8) is 0 Å². The predicted molar refractivity (Wildman–Crippen MR) is 119 cm³/mol. The topological polar surface area (TPSA) is 53.8 Å². The number of likely N-dealkylation sites (N-methyl/N-ethyl adjacent to an activating group) is 1. The highest BCUT2D eigenvalue weighted by atomic mass is 16.3. The molecule has 1 atom stereocenters. The van der Waals surface area contributed by atoms with Crippen molar-refractivity contribution in [3.05, 3.63) is 80.7 Å². The second kappa shape index (κ2) is 7.73. The van der Waals surface area contributed by atoms with Crippen molar-refractivity contribution >= 4 is 16.9 Å². The zero-order valence-corrected chi connectivity index (χ0v) is 18.2. The summed E-state index contributed by atoms with van der Waals surface area (Å²) in [5, 5.41) is 0.528. The van der Waals surface area contributed by atoms with Gasteiger partial charge in [0.05, 0.1) is 17.0 Å². The van der Waals surface area contributed by atoms with Crippen molar-refractivity contribution < 1.29 is 9.21 Å². The Bertz CT molecular complexity index is 1160. The first-order valence-corrected chi connectivity index (χ1v) is 10.4. The summed E-state index contributed by atoms with van der Waals surface area (Å²) < 4.78 is 6.00. The first-order valence-electron chi connectivity index (χ1n) is 10.4. The molecule has 2 heterocycles. The SMILES string of the molecule is Cc1ccc2oc3c(c(=O)c2c1)C(c1ccc(C(C)C)cc1)N(CCN(C)C)C3=O. The van der Waals surface area contributed by atoms with Crippen LogP contribution in [0.1, 0.15) is 58.6 Å². The number of carbonyl (C=O) groups excluding carboxylic acids is 1. The molecule has 0 aliphatic carbocycles. The Morgan fingerprint density at radius 1 is 1.07 bits per heavy atom. The Morgan fingerprint density at radius 2 is 1.77 bits per heavy atom. The van der Waals surface area contributed by atoms with Gasteiger partial charge in [-0.2, -0.15) is 0 Å². The summed E-state index contributed by atoms with van der Waals surface area (Å²) in [5.41, 5.74) is 3.94. The largest absolute Gasteiger partial charge is 0.450 e. The van der Waals surface area contributed by atoms with Crippen LogP contribution in [0.15, 0.2) is 51.7 Å². The first kappa shape index (κ1) is 20.4. The minimum absolute atomic E-state index is 0.117. The van der Waals surface area contributed by atoms with Gasteiger partial charge in [0.2, 0.25) is 5.76 Å². The smallest absolute Gasteiger partial charge is 0.290 e. The van der Waals surface area contributed by atoms with Gasteiger partial charge in [0, 0.05) is 13.1 Å². The molecule has 0 bridgehead atoms. The van der Waals surface area contributed by atoms with Crippen LogP contribution in [-0.4, -0.2) is 42.9 Å². The van der Waals surface area contributed by atoms with Crippen LogP contribution < -0.4 is 5.43 Å². The lowest BCUT2D eigenvalue weighted by Gasteiger charge is -2.26. The van der Waals surface area contributed by atoms with Gasteiger partial charge in [-0.15, -0.1) is 0 Å². The number of nitrogens with zero attached hydrogens (tertiary/aromatic N) is 2. The number of fused-ring (bicyclic) bond motifs is 2. The summed E-state index contributed by atoms with van der Waals surface area (Å²) in [5.74, 6) is 0.371. The standard InChI is InChI=1S/C25H28N2O3/c1-15(2)17-7-9-18(10-8-17)22-21-23(28)19-14-16(3)6-11-20(19)30-24(21)25(29)27(22)13-12-26(4)5/h6-11,14-15,22H,12-13H2,1-5H3. The van der Waals surface area contributed by atoms with Gasteiger partial charge in [-0.05, 0) is 50.2 Å². The second-order valence-electron chi connectivity index (χ2n) is 8.70. The van der Waals surface area contributed by atoms with Crippen LogP contribution in [0.25, 0.3) is 11.0 Å². The third-order valence-electron chi connectivity index (χ3n) is 5.83. The molecule has 0 radical (unpaired) electrons. The summed E-state index contributed by atoms with van der Waals surface area (Å²) in [6.45, 7) is 7.46. The van der Waals surface area contributed by atoms with Crippen molar-refractivity contribution in [2.24, 2.45) is 0 Å². The fraction of sp³-hybridized carbons (Fsp3) is 0.360. The molecule has 1 unspecified atom stereocenters. The quantitative estimate of drug-likeness (QED) is 0.635. The van der Waals surface area contributed by atoms with E-state index in [1.807, 2.05) is 50.2 Å². The number of hydrogen-bond acceptors (Lipinski definition) is 4. The average molecular weight is 405 g/mol. The number of benzene rings is 2. The summed E-state index contributed by atoms with van der Waals surface area (Å²) in [6.07, 6.45) is 0. The third kappa shape index (κ3) is 3.43.